The smallest absolute Gasteiger partial charge is 0.253 e. The van der Waals surface area contributed by atoms with Crippen LogP contribution in [-0.4, -0.2) is 31.2 Å². The maximum absolute atomic E-state index is 12.0. The molecule has 5 nitrogen and oxygen atoms in total. The van der Waals surface area contributed by atoms with Crippen LogP contribution in [0.1, 0.15) is 22.8 Å². The second kappa shape index (κ2) is 8.14. The molecule has 2 rings (SSSR count). The van der Waals surface area contributed by atoms with E-state index in [-0.39, 0.29) is 5.91 Å². The van der Waals surface area contributed by atoms with Crippen molar-refractivity contribution in [3.8, 4) is 0 Å². The van der Waals surface area contributed by atoms with Gasteiger partial charge < -0.3 is 15.4 Å². The summed E-state index contributed by atoms with van der Waals surface area (Å²) < 4.78 is 4.91. The number of benzene rings is 1. The maximum atomic E-state index is 12.0. The van der Waals surface area contributed by atoms with Crippen molar-refractivity contribution in [3.63, 3.8) is 0 Å². The topological polar surface area (TPSA) is 63.2 Å². The van der Waals surface area contributed by atoms with Crippen molar-refractivity contribution < 1.29 is 9.53 Å². The van der Waals surface area contributed by atoms with E-state index in [2.05, 4.69) is 28.6 Å². The molecule has 0 bridgehead atoms. The Bertz CT molecular complexity index is 629. The third kappa shape index (κ3) is 4.30. The van der Waals surface area contributed by atoms with Crippen LogP contribution in [-0.2, 0) is 11.2 Å². The SMILES string of the molecule is CCc1ccccc1Nc1cncc(C(=O)NCCOC)c1. The highest BCUT2D eigenvalue weighted by molar-refractivity contribution is 5.94. The van der Waals surface area contributed by atoms with Gasteiger partial charge in [0.05, 0.1) is 24.1 Å². The summed E-state index contributed by atoms with van der Waals surface area (Å²) in [6, 6.07) is 9.89. The Kier molecular flexibility index (Phi) is 5.91. The first-order valence-electron chi connectivity index (χ1n) is 7.31. The molecule has 0 unspecified atom stereocenters. The summed E-state index contributed by atoms with van der Waals surface area (Å²) in [4.78, 5) is 16.1. The quantitative estimate of drug-likeness (QED) is 0.772. The van der Waals surface area contributed by atoms with E-state index in [1.807, 2.05) is 18.2 Å². The molecular weight excluding hydrogens is 278 g/mol. The van der Waals surface area contributed by atoms with Crippen LogP contribution in [0.2, 0.25) is 0 Å². The lowest BCUT2D eigenvalue weighted by Crippen LogP contribution is -2.27. The lowest BCUT2D eigenvalue weighted by molar-refractivity contribution is 0.0937. The molecule has 2 N–H and O–H groups in total. The van der Waals surface area contributed by atoms with Gasteiger partial charge in [-0.05, 0) is 24.1 Å². The van der Waals surface area contributed by atoms with Gasteiger partial charge in [-0.2, -0.15) is 0 Å². The number of carbonyl (C=O) groups excluding carboxylic acids is 1. The Morgan fingerprint density at radius 1 is 1.27 bits per heavy atom. The third-order valence-corrected chi connectivity index (χ3v) is 3.27. The van der Waals surface area contributed by atoms with Crippen molar-refractivity contribution >= 4 is 17.3 Å². The second-order valence-corrected chi connectivity index (χ2v) is 4.85. The van der Waals surface area contributed by atoms with E-state index in [4.69, 9.17) is 4.74 Å². The molecule has 5 heteroatoms. The average molecular weight is 299 g/mol. The van der Waals surface area contributed by atoms with Gasteiger partial charge in [0, 0.05) is 25.5 Å². The number of hydrogen-bond donors (Lipinski definition) is 2. The number of carbonyl (C=O) groups is 1. The van der Waals surface area contributed by atoms with Crippen LogP contribution >= 0.6 is 0 Å². The molecule has 0 aliphatic rings. The number of methoxy groups -OCH3 is 1. The zero-order chi connectivity index (χ0) is 15.8. The first-order chi connectivity index (χ1) is 10.7. The number of nitrogens with one attached hydrogen (secondary N) is 2. The van der Waals surface area contributed by atoms with Crippen molar-refractivity contribution in [1.82, 2.24) is 10.3 Å². The van der Waals surface area contributed by atoms with Crippen molar-refractivity contribution in [1.29, 1.82) is 0 Å². The first kappa shape index (κ1) is 16.0. The standard InChI is InChI=1S/C17H21N3O2/c1-3-13-6-4-5-7-16(13)20-15-10-14(11-18-12-15)17(21)19-8-9-22-2/h4-7,10-12,20H,3,8-9H2,1-2H3,(H,19,21). The van der Waals surface area contributed by atoms with E-state index < -0.39 is 0 Å². The number of pyridine rings is 1. The summed E-state index contributed by atoms with van der Waals surface area (Å²) in [5, 5.41) is 6.10. The van der Waals surface area contributed by atoms with Gasteiger partial charge in [-0.25, -0.2) is 0 Å². The minimum Gasteiger partial charge on any atom is -0.383 e. The van der Waals surface area contributed by atoms with Crippen LogP contribution in [0.15, 0.2) is 42.7 Å². The molecule has 0 saturated carbocycles. The molecule has 0 atom stereocenters. The van der Waals surface area contributed by atoms with E-state index in [1.165, 1.54) is 5.56 Å². The number of para-hydroxylation sites is 1. The largest absolute Gasteiger partial charge is 0.383 e. The summed E-state index contributed by atoms with van der Waals surface area (Å²) in [6.07, 6.45) is 4.20. The predicted molar refractivity (Wildman–Crippen MR) is 87.5 cm³/mol. The molecule has 0 radical (unpaired) electrons. The number of nitrogens with zero attached hydrogens (tertiary/aromatic N) is 1. The van der Waals surface area contributed by atoms with E-state index in [9.17, 15) is 4.79 Å². The van der Waals surface area contributed by atoms with Gasteiger partial charge in [0.2, 0.25) is 0 Å². The first-order valence-corrected chi connectivity index (χ1v) is 7.31. The van der Waals surface area contributed by atoms with Crippen LogP contribution in [0.25, 0.3) is 0 Å². The summed E-state index contributed by atoms with van der Waals surface area (Å²) >= 11 is 0. The Morgan fingerprint density at radius 2 is 2.09 bits per heavy atom. The molecule has 0 fully saturated rings. The molecule has 1 heterocycles. The molecule has 0 aliphatic carbocycles. The van der Waals surface area contributed by atoms with Crippen molar-refractivity contribution in [2.45, 2.75) is 13.3 Å². The highest BCUT2D eigenvalue weighted by Crippen LogP contribution is 2.21. The van der Waals surface area contributed by atoms with E-state index in [0.717, 1.165) is 17.8 Å². The number of rotatable bonds is 7. The molecule has 1 amide bonds. The highest BCUT2D eigenvalue weighted by Gasteiger charge is 2.07. The predicted octanol–water partition coefficient (Wildman–Crippen LogP) is 2.76. The van der Waals surface area contributed by atoms with Gasteiger partial charge in [0.15, 0.2) is 0 Å². The van der Waals surface area contributed by atoms with Gasteiger partial charge in [-0.3, -0.25) is 9.78 Å². The van der Waals surface area contributed by atoms with Crippen molar-refractivity contribution in [2.75, 3.05) is 25.6 Å². The second-order valence-electron chi connectivity index (χ2n) is 4.85. The van der Waals surface area contributed by atoms with Gasteiger partial charge in [-0.15, -0.1) is 0 Å². The Balaban J connectivity index is 2.09. The van der Waals surface area contributed by atoms with Crippen LogP contribution < -0.4 is 10.6 Å². The zero-order valence-corrected chi connectivity index (χ0v) is 12.9. The third-order valence-electron chi connectivity index (χ3n) is 3.27. The van der Waals surface area contributed by atoms with Crippen LogP contribution in [0.3, 0.4) is 0 Å². The number of aryl methyl sites for hydroxylation is 1. The number of ether oxygens (including phenoxy) is 1. The van der Waals surface area contributed by atoms with Crippen molar-refractivity contribution in [2.24, 2.45) is 0 Å². The lowest BCUT2D eigenvalue weighted by atomic mass is 10.1. The normalized spacial score (nSPS) is 10.3. The Labute approximate surface area is 130 Å². The van der Waals surface area contributed by atoms with Gasteiger partial charge in [-0.1, -0.05) is 25.1 Å². The van der Waals surface area contributed by atoms with E-state index >= 15 is 0 Å². The van der Waals surface area contributed by atoms with Crippen LogP contribution in [0, 0.1) is 0 Å². The zero-order valence-electron chi connectivity index (χ0n) is 12.9. The number of amides is 1. The van der Waals surface area contributed by atoms with E-state index in [0.29, 0.717) is 18.7 Å². The van der Waals surface area contributed by atoms with Gasteiger partial charge in [0.25, 0.3) is 5.91 Å². The molecule has 1 aromatic heterocycles. The molecule has 116 valence electrons. The van der Waals surface area contributed by atoms with Gasteiger partial charge in [0.1, 0.15) is 0 Å². The Hall–Kier alpha value is -2.40. The number of anilines is 2. The number of hydrogen-bond acceptors (Lipinski definition) is 4. The monoisotopic (exact) mass is 299 g/mol. The number of aromatic nitrogens is 1. The molecule has 0 saturated heterocycles. The molecule has 0 aliphatic heterocycles. The molecule has 22 heavy (non-hydrogen) atoms. The fourth-order valence-electron chi connectivity index (χ4n) is 2.11. The Morgan fingerprint density at radius 3 is 2.86 bits per heavy atom. The lowest BCUT2D eigenvalue weighted by Gasteiger charge is -2.11. The summed E-state index contributed by atoms with van der Waals surface area (Å²) in [6.45, 7) is 3.07. The van der Waals surface area contributed by atoms with Crippen LogP contribution in [0.5, 0.6) is 0 Å². The van der Waals surface area contributed by atoms with Gasteiger partial charge >= 0.3 is 0 Å². The maximum Gasteiger partial charge on any atom is 0.253 e. The van der Waals surface area contributed by atoms with Crippen molar-refractivity contribution in [3.05, 3.63) is 53.9 Å². The molecular formula is C17H21N3O2. The minimum atomic E-state index is -0.156. The average Bonchev–Trinajstić information content (AvgIpc) is 2.56. The van der Waals surface area contributed by atoms with E-state index in [1.54, 1.807) is 25.6 Å². The summed E-state index contributed by atoms with van der Waals surface area (Å²) in [5.41, 5.74) is 3.57. The van der Waals surface area contributed by atoms with Crippen LogP contribution in [0.4, 0.5) is 11.4 Å². The minimum absolute atomic E-state index is 0.156. The fourth-order valence-corrected chi connectivity index (χ4v) is 2.11. The summed E-state index contributed by atoms with van der Waals surface area (Å²) in [7, 11) is 1.60. The molecule has 0 spiro atoms. The summed E-state index contributed by atoms with van der Waals surface area (Å²) in [5.74, 6) is -0.156. The molecule has 1 aromatic carbocycles. The highest BCUT2D eigenvalue weighted by atomic mass is 16.5. The fraction of sp³-hybridized carbons (Fsp3) is 0.294. The molecule has 2 aromatic rings.